The zero-order valence-electron chi connectivity index (χ0n) is 14.4. The van der Waals surface area contributed by atoms with Crippen LogP contribution in [0, 0.1) is 5.92 Å². The lowest BCUT2D eigenvalue weighted by Crippen LogP contribution is -2.43. The molecule has 0 aromatic heterocycles. The largest absolute Gasteiger partial charge is 0.497 e. The first-order valence-corrected chi connectivity index (χ1v) is 8.09. The van der Waals surface area contributed by atoms with Crippen molar-refractivity contribution in [1.29, 1.82) is 0 Å². The molecule has 24 heavy (non-hydrogen) atoms. The van der Waals surface area contributed by atoms with Gasteiger partial charge >= 0.3 is 0 Å². The van der Waals surface area contributed by atoms with Gasteiger partial charge in [-0.3, -0.25) is 9.69 Å². The van der Waals surface area contributed by atoms with Crippen LogP contribution in [-0.2, 0) is 11.3 Å². The second kappa shape index (κ2) is 10.4. The van der Waals surface area contributed by atoms with Gasteiger partial charge in [0.05, 0.1) is 20.1 Å². The second-order valence-corrected chi connectivity index (χ2v) is 5.83. The van der Waals surface area contributed by atoms with Crippen molar-refractivity contribution in [3.05, 3.63) is 23.8 Å². The van der Waals surface area contributed by atoms with E-state index in [1.54, 1.807) is 14.2 Å². The summed E-state index contributed by atoms with van der Waals surface area (Å²) in [6.07, 6.45) is 1.95. The summed E-state index contributed by atoms with van der Waals surface area (Å²) in [5.74, 6) is 1.81. The summed E-state index contributed by atoms with van der Waals surface area (Å²) in [5, 5.41) is 2.89. The van der Waals surface area contributed by atoms with E-state index in [4.69, 9.17) is 15.2 Å². The van der Waals surface area contributed by atoms with Gasteiger partial charge < -0.3 is 20.5 Å². The van der Waals surface area contributed by atoms with Crippen molar-refractivity contribution in [1.82, 2.24) is 10.2 Å². The molecule has 0 spiro atoms. The number of nitrogens with one attached hydrogen (secondary N) is 1. The molecule has 1 unspecified atom stereocenters. The molecule has 136 valence electrons. The third-order valence-corrected chi connectivity index (χ3v) is 4.20. The molecule has 2 rings (SSSR count). The minimum absolute atomic E-state index is 0. The highest BCUT2D eigenvalue weighted by molar-refractivity contribution is 5.85. The summed E-state index contributed by atoms with van der Waals surface area (Å²) in [4.78, 5) is 14.4. The molecule has 1 aliphatic rings. The second-order valence-electron chi connectivity index (χ2n) is 5.83. The zero-order valence-corrected chi connectivity index (χ0v) is 15.2. The standard InChI is InChI=1S/C17H27N3O3.ClH/c1-22-15-5-6-16(23-2)14(10-15)12-20-9-3-4-13(11-20)17(21)19-8-7-18;/h5-6,10,13H,3-4,7-9,11-12,18H2,1-2H3,(H,19,21);1H. The minimum atomic E-state index is 0. The Bertz CT molecular complexity index is 528. The normalized spacial score (nSPS) is 17.7. The van der Waals surface area contributed by atoms with Crippen LogP contribution in [0.25, 0.3) is 0 Å². The predicted molar refractivity (Wildman–Crippen MR) is 96.9 cm³/mol. The van der Waals surface area contributed by atoms with Gasteiger partial charge in [0.2, 0.25) is 5.91 Å². The maximum absolute atomic E-state index is 12.1. The molecule has 0 bridgehead atoms. The van der Waals surface area contributed by atoms with E-state index in [0.29, 0.717) is 13.1 Å². The van der Waals surface area contributed by atoms with Gasteiger partial charge in [0, 0.05) is 31.7 Å². The first-order valence-electron chi connectivity index (χ1n) is 8.09. The third kappa shape index (κ3) is 5.54. The maximum atomic E-state index is 12.1. The number of methoxy groups -OCH3 is 2. The summed E-state index contributed by atoms with van der Waals surface area (Å²) < 4.78 is 10.7. The number of carbonyl (C=O) groups is 1. The quantitative estimate of drug-likeness (QED) is 0.771. The SMILES string of the molecule is COc1ccc(OC)c(CN2CCCC(C(=O)NCCN)C2)c1.Cl. The molecule has 1 atom stereocenters. The van der Waals surface area contributed by atoms with E-state index in [1.807, 2.05) is 18.2 Å². The van der Waals surface area contributed by atoms with Crippen molar-refractivity contribution in [3.8, 4) is 11.5 Å². The van der Waals surface area contributed by atoms with Crippen LogP contribution in [-0.4, -0.2) is 51.2 Å². The number of rotatable bonds is 7. The number of nitrogens with zero attached hydrogens (tertiary/aromatic N) is 1. The fourth-order valence-electron chi connectivity index (χ4n) is 3.00. The Hall–Kier alpha value is -1.50. The van der Waals surface area contributed by atoms with Crippen LogP contribution < -0.4 is 20.5 Å². The van der Waals surface area contributed by atoms with Crippen LogP contribution in [0.3, 0.4) is 0 Å². The fraction of sp³-hybridized carbons (Fsp3) is 0.588. The third-order valence-electron chi connectivity index (χ3n) is 4.20. The van der Waals surface area contributed by atoms with Gasteiger partial charge in [-0.1, -0.05) is 0 Å². The molecule has 1 aromatic rings. The summed E-state index contributed by atoms with van der Waals surface area (Å²) in [7, 11) is 3.33. The predicted octanol–water partition coefficient (Wildman–Crippen LogP) is 1.41. The average molecular weight is 358 g/mol. The van der Waals surface area contributed by atoms with E-state index < -0.39 is 0 Å². The van der Waals surface area contributed by atoms with Crippen LogP contribution >= 0.6 is 12.4 Å². The van der Waals surface area contributed by atoms with E-state index in [2.05, 4.69) is 10.2 Å². The number of benzene rings is 1. The van der Waals surface area contributed by atoms with Crippen LogP contribution in [0.1, 0.15) is 18.4 Å². The lowest BCUT2D eigenvalue weighted by atomic mass is 9.96. The smallest absolute Gasteiger partial charge is 0.224 e. The van der Waals surface area contributed by atoms with Crippen LogP contribution in [0.15, 0.2) is 18.2 Å². The molecule has 1 fully saturated rings. The molecule has 3 N–H and O–H groups in total. The number of likely N-dealkylation sites (tertiary alicyclic amines) is 1. The number of halogens is 1. The highest BCUT2D eigenvalue weighted by Gasteiger charge is 2.26. The molecular formula is C17H28ClN3O3. The van der Waals surface area contributed by atoms with E-state index >= 15 is 0 Å². The topological polar surface area (TPSA) is 76.8 Å². The highest BCUT2D eigenvalue weighted by Crippen LogP contribution is 2.27. The molecule has 1 saturated heterocycles. The van der Waals surface area contributed by atoms with Crippen LogP contribution in [0.2, 0.25) is 0 Å². The van der Waals surface area contributed by atoms with E-state index in [9.17, 15) is 4.79 Å². The van der Waals surface area contributed by atoms with Crippen LogP contribution in [0.4, 0.5) is 0 Å². The van der Waals surface area contributed by atoms with Crippen molar-refractivity contribution in [2.45, 2.75) is 19.4 Å². The van der Waals surface area contributed by atoms with E-state index in [-0.39, 0.29) is 24.2 Å². The summed E-state index contributed by atoms with van der Waals surface area (Å²) in [5.41, 5.74) is 6.52. The van der Waals surface area contributed by atoms with Gasteiger partial charge in [-0.25, -0.2) is 0 Å². The molecule has 1 aromatic carbocycles. The monoisotopic (exact) mass is 357 g/mol. The number of ether oxygens (including phenoxy) is 2. The Morgan fingerprint density at radius 1 is 1.38 bits per heavy atom. The number of hydrogen-bond donors (Lipinski definition) is 2. The van der Waals surface area contributed by atoms with Crippen LogP contribution in [0.5, 0.6) is 11.5 Å². The van der Waals surface area contributed by atoms with Crippen molar-refractivity contribution < 1.29 is 14.3 Å². The van der Waals surface area contributed by atoms with Gasteiger partial charge in [0.15, 0.2) is 0 Å². The molecule has 0 aliphatic carbocycles. The van der Waals surface area contributed by atoms with Crippen molar-refractivity contribution in [3.63, 3.8) is 0 Å². The Morgan fingerprint density at radius 2 is 2.17 bits per heavy atom. The Labute approximate surface area is 150 Å². The van der Waals surface area contributed by atoms with Gasteiger partial charge in [-0.15, -0.1) is 12.4 Å². The molecular weight excluding hydrogens is 330 g/mol. The molecule has 7 heteroatoms. The summed E-state index contributed by atoms with van der Waals surface area (Å²) in [6, 6.07) is 5.81. The number of hydrogen-bond acceptors (Lipinski definition) is 5. The summed E-state index contributed by atoms with van der Waals surface area (Å²) >= 11 is 0. The summed E-state index contributed by atoms with van der Waals surface area (Å²) in [6.45, 7) is 3.51. The molecule has 1 aliphatic heterocycles. The number of carbonyl (C=O) groups excluding carboxylic acids is 1. The van der Waals surface area contributed by atoms with Gasteiger partial charge in [-0.2, -0.15) is 0 Å². The van der Waals surface area contributed by atoms with E-state index in [1.165, 1.54) is 0 Å². The maximum Gasteiger partial charge on any atom is 0.224 e. The first-order chi connectivity index (χ1) is 11.2. The van der Waals surface area contributed by atoms with Gasteiger partial charge in [-0.05, 0) is 37.6 Å². The van der Waals surface area contributed by atoms with E-state index in [0.717, 1.165) is 49.5 Å². The Morgan fingerprint density at radius 3 is 2.83 bits per heavy atom. The number of nitrogens with two attached hydrogens (primary N) is 1. The van der Waals surface area contributed by atoms with Gasteiger partial charge in [0.25, 0.3) is 0 Å². The molecule has 6 nitrogen and oxygen atoms in total. The lowest BCUT2D eigenvalue weighted by molar-refractivity contribution is -0.126. The molecule has 0 radical (unpaired) electrons. The lowest BCUT2D eigenvalue weighted by Gasteiger charge is -2.32. The molecule has 1 heterocycles. The fourth-order valence-corrected chi connectivity index (χ4v) is 3.00. The molecule has 0 saturated carbocycles. The zero-order chi connectivity index (χ0) is 16.7. The minimum Gasteiger partial charge on any atom is -0.497 e. The first kappa shape index (κ1) is 20.5. The number of amides is 1. The Kier molecular flexibility index (Phi) is 8.89. The Balaban J connectivity index is 0.00000288. The number of piperidine rings is 1. The van der Waals surface area contributed by atoms with Crippen molar-refractivity contribution >= 4 is 18.3 Å². The van der Waals surface area contributed by atoms with Gasteiger partial charge in [0.1, 0.15) is 11.5 Å². The van der Waals surface area contributed by atoms with Crippen molar-refractivity contribution in [2.24, 2.45) is 11.7 Å². The highest BCUT2D eigenvalue weighted by atomic mass is 35.5. The average Bonchev–Trinajstić information content (AvgIpc) is 2.59. The van der Waals surface area contributed by atoms with Crippen molar-refractivity contribution in [2.75, 3.05) is 40.4 Å². The molecule has 1 amide bonds.